The number of nitrogens with zero attached hydrogens (tertiary/aromatic N) is 1. The fourth-order valence-corrected chi connectivity index (χ4v) is 2.04. The summed E-state index contributed by atoms with van der Waals surface area (Å²) in [5.41, 5.74) is 1.63. The SMILES string of the molecule is O=C(/C=C/CCCC=Nc1ccc(Cl)cc1)c1ccccc1. The first-order valence-electron chi connectivity index (χ1n) is 7.30. The van der Waals surface area contributed by atoms with Crippen LogP contribution in [-0.4, -0.2) is 12.0 Å². The van der Waals surface area contributed by atoms with Gasteiger partial charge in [-0.3, -0.25) is 9.79 Å². The van der Waals surface area contributed by atoms with Crippen LogP contribution in [0.5, 0.6) is 0 Å². The van der Waals surface area contributed by atoms with Crippen molar-refractivity contribution in [2.75, 3.05) is 0 Å². The maximum atomic E-state index is 11.8. The molecule has 0 aliphatic rings. The smallest absolute Gasteiger partial charge is 0.185 e. The molecule has 2 aromatic rings. The minimum Gasteiger partial charge on any atom is -0.289 e. The molecule has 0 fully saturated rings. The maximum absolute atomic E-state index is 11.8. The van der Waals surface area contributed by atoms with Gasteiger partial charge in [0.05, 0.1) is 5.69 Å². The van der Waals surface area contributed by atoms with Crippen molar-refractivity contribution < 1.29 is 4.79 Å². The van der Waals surface area contributed by atoms with Gasteiger partial charge in [-0.05, 0) is 49.6 Å². The van der Waals surface area contributed by atoms with E-state index in [0.717, 1.165) is 30.5 Å². The Morgan fingerprint density at radius 3 is 2.45 bits per heavy atom. The van der Waals surface area contributed by atoms with Crippen molar-refractivity contribution in [2.45, 2.75) is 19.3 Å². The molecule has 0 aromatic heterocycles. The average molecular weight is 312 g/mol. The number of aliphatic imine (C=N–C) groups is 1. The Hall–Kier alpha value is -2.19. The standard InChI is InChI=1S/C19H18ClNO/c20-17-11-13-18(14-12-17)21-15-7-2-1-6-10-19(22)16-8-4-3-5-9-16/h3-6,8-15H,1-2,7H2/b10-6+,21-15?. The molecule has 0 saturated heterocycles. The molecule has 0 heterocycles. The molecule has 0 N–H and O–H groups in total. The number of halogens is 1. The number of allylic oxidation sites excluding steroid dienone is 2. The summed E-state index contributed by atoms with van der Waals surface area (Å²) in [5.74, 6) is 0.0513. The van der Waals surface area contributed by atoms with Crippen molar-refractivity contribution >= 4 is 29.3 Å². The van der Waals surface area contributed by atoms with Crippen LogP contribution in [0.1, 0.15) is 29.6 Å². The number of benzene rings is 2. The van der Waals surface area contributed by atoms with Crippen LogP contribution < -0.4 is 0 Å². The second kappa shape index (κ2) is 8.96. The molecule has 0 unspecified atom stereocenters. The summed E-state index contributed by atoms with van der Waals surface area (Å²) in [7, 11) is 0. The lowest BCUT2D eigenvalue weighted by molar-refractivity contribution is 0.104. The van der Waals surface area contributed by atoms with E-state index in [0.29, 0.717) is 5.02 Å². The average Bonchev–Trinajstić information content (AvgIpc) is 2.56. The van der Waals surface area contributed by atoms with E-state index in [4.69, 9.17) is 11.6 Å². The third kappa shape index (κ3) is 5.66. The molecule has 0 saturated carbocycles. The van der Waals surface area contributed by atoms with E-state index < -0.39 is 0 Å². The first kappa shape index (κ1) is 16.2. The van der Waals surface area contributed by atoms with Gasteiger partial charge in [0.15, 0.2) is 5.78 Å². The fourth-order valence-electron chi connectivity index (χ4n) is 1.91. The van der Waals surface area contributed by atoms with Crippen molar-refractivity contribution in [3.8, 4) is 0 Å². The van der Waals surface area contributed by atoms with Gasteiger partial charge in [0.25, 0.3) is 0 Å². The van der Waals surface area contributed by atoms with Crippen LogP contribution in [0.3, 0.4) is 0 Å². The molecule has 3 heteroatoms. The Balaban J connectivity index is 1.68. The molecule has 0 amide bonds. The molecule has 0 spiro atoms. The zero-order valence-corrected chi connectivity index (χ0v) is 13.0. The second-order valence-corrected chi connectivity index (χ2v) is 5.29. The molecule has 0 atom stereocenters. The lowest BCUT2D eigenvalue weighted by atomic mass is 10.1. The van der Waals surface area contributed by atoms with Gasteiger partial charge in [0.1, 0.15) is 0 Å². The van der Waals surface area contributed by atoms with Gasteiger partial charge >= 0.3 is 0 Å². The van der Waals surface area contributed by atoms with Gasteiger partial charge in [-0.25, -0.2) is 0 Å². The normalized spacial score (nSPS) is 11.3. The van der Waals surface area contributed by atoms with Crippen molar-refractivity contribution in [3.05, 3.63) is 77.3 Å². The van der Waals surface area contributed by atoms with Crippen LogP contribution in [0.2, 0.25) is 5.02 Å². The molecule has 0 aliphatic heterocycles. The third-order valence-electron chi connectivity index (χ3n) is 3.10. The van der Waals surface area contributed by atoms with E-state index in [1.54, 1.807) is 6.08 Å². The molecular weight excluding hydrogens is 294 g/mol. The lowest BCUT2D eigenvalue weighted by Gasteiger charge is -1.95. The van der Waals surface area contributed by atoms with Crippen molar-refractivity contribution in [1.29, 1.82) is 0 Å². The molecule has 2 nitrogen and oxygen atoms in total. The molecule has 112 valence electrons. The summed E-state index contributed by atoms with van der Waals surface area (Å²) < 4.78 is 0. The molecular formula is C19H18ClNO. The van der Waals surface area contributed by atoms with Crippen LogP contribution in [0.25, 0.3) is 0 Å². The van der Waals surface area contributed by atoms with Gasteiger partial charge in [0.2, 0.25) is 0 Å². The summed E-state index contributed by atoms with van der Waals surface area (Å²) in [6, 6.07) is 16.7. The Labute approximate surface area is 136 Å². The predicted molar refractivity (Wildman–Crippen MR) is 93.4 cm³/mol. The van der Waals surface area contributed by atoms with Crippen molar-refractivity contribution in [2.24, 2.45) is 4.99 Å². The van der Waals surface area contributed by atoms with Gasteiger partial charge in [0, 0.05) is 16.8 Å². The van der Waals surface area contributed by atoms with E-state index in [1.807, 2.05) is 66.9 Å². The Morgan fingerprint density at radius 2 is 1.73 bits per heavy atom. The zero-order chi connectivity index (χ0) is 15.6. The Kier molecular flexibility index (Phi) is 6.59. The summed E-state index contributed by atoms with van der Waals surface area (Å²) in [4.78, 5) is 16.2. The molecule has 22 heavy (non-hydrogen) atoms. The van der Waals surface area contributed by atoms with Gasteiger partial charge in [-0.1, -0.05) is 48.0 Å². The number of rotatable bonds is 7. The number of hydrogen-bond acceptors (Lipinski definition) is 2. The predicted octanol–water partition coefficient (Wildman–Crippen LogP) is 5.65. The lowest BCUT2D eigenvalue weighted by Crippen LogP contribution is -1.92. The van der Waals surface area contributed by atoms with Gasteiger partial charge in [-0.15, -0.1) is 0 Å². The van der Waals surface area contributed by atoms with Crippen LogP contribution in [0, 0.1) is 0 Å². The first-order valence-corrected chi connectivity index (χ1v) is 7.67. The minimum atomic E-state index is 0.0513. The highest BCUT2D eigenvalue weighted by Crippen LogP contribution is 2.15. The highest BCUT2D eigenvalue weighted by molar-refractivity contribution is 6.30. The van der Waals surface area contributed by atoms with Gasteiger partial charge < -0.3 is 0 Å². The van der Waals surface area contributed by atoms with Crippen molar-refractivity contribution in [3.63, 3.8) is 0 Å². The highest BCUT2D eigenvalue weighted by Gasteiger charge is 1.98. The maximum Gasteiger partial charge on any atom is 0.185 e. The molecule has 2 rings (SSSR count). The van der Waals surface area contributed by atoms with E-state index in [-0.39, 0.29) is 5.78 Å². The number of unbranched alkanes of at least 4 members (excludes halogenated alkanes) is 2. The summed E-state index contributed by atoms with van der Waals surface area (Å²) >= 11 is 5.81. The topological polar surface area (TPSA) is 29.4 Å². The summed E-state index contributed by atoms with van der Waals surface area (Å²) in [6.07, 6.45) is 8.18. The monoisotopic (exact) mass is 311 g/mol. The number of carbonyl (C=O) groups excluding carboxylic acids is 1. The zero-order valence-electron chi connectivity index (χ0n) is 12.3. The fraction of sp³-hybridized carbons (Fsp3) is 0.158. The number of carbonyl (C=O) groups is 1. The molecule has 0 bridgehead atoms. The second-order valence-electron chi connectivity index (χ2n) is 4.85. The number of hydrogen-bond donors (Lipinski definition) is 0. The minimum absolute atomic E-state index is 0.0513. The largest absolute Gasteiger partial charge is 0.289 e. The highest BCUT2D eigenvalue weighted by atomic mass is 35.5. The van der Waals surface area contributed by atoms with E-state index in [2.05, 4.69) is 4.99 Å². The quantitative estimate of drug-likeness (QED) is 0.281. The van der Waals surface area contributed by atoms with Crippen LogP contribution >= 0.6 is 11.6 Å². The molecule has 0 radical (unpaired) electrons. The van der Waals surface area contributed by atoms with Crippen LogP contribution in [-0.2, 0) is 0 Å². The van der Waals surface area contributed by atoms with Crippen molar-refractivity contribution in [1.82, 2.24) is 0 Å². The summed E-state index contributed by atoms with van der Waals surface area (Å²) in [5, 5.41) is 0.715. The Bertz CT molecular complexity index is 645. The molecule has 2 aromatic carbocycles. The van der Waals surface area contributed by atoms with Crippen LogP contribution in [0.4, 0.5) is 5.69 Å². The van der Waals surface area contributed by atoms with Gasteiger partial charge in [-0.2, -0.15) is 0 Å². The summed E-state index contributed by atoms with van der Waals surface area (Å²) in [6.45, 7) is 0. The third-order valence-corrected chi connectivity index (χ3v) is 3.35. The van der Waals surface area contributed by atoms with Crippen LogP contribution in [0.15, 0.2) is 71.7 Å². The Morgan fingerprint density at radius 1 is 1.00 bits per heavy atom. The van der Waals surface area contributed by atoms with E-state index >= 15 is 0 Å². The number of ketones is 1. The molecule has 0 aliphatic carbocycles. The van der Waals surface area contributed by atoms with E-state index in [1.165, 1.54) is 0 Å². The first-order chi connectivity index (χ1) is 10.8. The van der Waals surface area contributed by atoms with E-state index in [9.17, 15) is 4.79 Å².